The molecule has 0 unspecified atom stereocenters. The van der Waals surface area contributed by atoms with Crippen LogP contribution >= 0.6 is 11.6 Å². The second kappa shape index (κ2) is 2.43. The van der Waals surface area contributed by atoms with E-state index >= 15 is 0 Å². The van der Waals surface area contributed by atoms with Crippen LogP contribution in [0.25, 0.3) is 10.9 Å². The van der Waals surface area contributed by atoms with Crippen molar-refractivity contribution in [3.8, 4) is 0 Å². The van der Waals surface area contributed by atoms with Gasteiger partial charge in [-0.15, -0.1) is 10.2 Å². The average molecular weight is 166 g/mol. The number of halogens is 1. The van der Waals surface area contributed by atoms with Gasteiger partial charge in [-0.3, -0.25) is 0 Å². The highest BCUT2D eigenvalue weighted by Crippen LogP contribution is 2.16. The van der Waals surface area contributed by atoms with Crippen molar-refractivity contribution < 1.29 is 0 Å². The SMILES string of the molecule is Clc1nnnc2ccccc12. The molecular formula is C7H4ClN3. The summed E-state index contributed by atoms with van der Waals surface area (Å²) in [6.45, 7) is 0. The maximum absolute atomic E-state index is 5.74. The maximum Gasteiger partial charge on any atom is 0.162 e. The first kappa shape index (κ1) is 6.49. The Morgan fingerprint density at radius 3 is 2.73 bits per heavy atom. The first-order valence-corrected chi connectivity index (χ1v) is 3.49. The maximum atomic E-state index is 5.74. The van der Waals surface area contributed by atoms with Crippen LogP contribution in [0.4, 0.5) is 0 Å². The molecule has 2 aromatic rings. The van der Waals surface area contributed by atoms with Crippen LogP contribution in [0.1, 0.15) is 0 Å². The normalized spacial score (nSPS) is 10.3. The van der Waals surface area contributed by atoms with Crippen LogP contribution in [-0.2, 0) is 0 Å². The third-order valence-electron chi connectivity index (χ3n) is 1.41. The smallest absolute Gasteiger partial charge is 0.130 e. The predicted octanol–water partition coefficient (Wildman–Crippen LogP) is 1.68. The van der Waals surface area contributed by atoms with Gasteiger partial charge in [0.15, 0.2) is 5.15 Å². The Kier molecular flexibility index (Phi) is 1.43. The van der Waals surface area contributed by atoms with E-state index in [1.54, 1.807) is 0 Å². The molecule has 0 amide bonds. The van der Waals surface area contributed by atoms with E-state index in [-0.39, 0.29) is 0 Å². The Bertz CT molecular complexity index is 383. The van der Waals surface area contributed by atoms with E-state index in [0.29, 0.717) is 5.15 Å². The molecule has 3 nitrogen and oxygen atoms in total. The minimum Gasteiger partial charge on any atom is -0.130 e. The molecule has 0 spiro atoms. The minimum atomic E-state index is 0.399. The molecule has 0 fully saturated rings. The predicted molar refractivity (Wildman–Crippen MR) is 42.3 cm³/mol. The summed E-state index contributed by atoms with van der Waals surface area (Å²) in [6.07, 6.45) is 0. The molecule has 1 aromatic heterocycles. The molecule has 0 saturated heterocycles. The van der Waals surface area contributed by atoms with Crippen LogP contribution in [0.5, 0.6) is 0 Å². The van der Waals surface area contributed by atoms with Crippen molar-refractivity contribution in [2.24, 2.45) is 0 Å². The first-order chi connectivity index (χ1) is 5.38. The second-order valence-corrected chi connectivity index (χ2v) is 2.46. The summed E-state index contributed by atoms with van der Waals surface area (Å²) < 4.78 is 0. The van der Waals surface area contributed by atoms with Gasteiger partial charge in [-0.1, -0.05) is 23.7 Å². The molecule has 0 aliphatic carbocycles. The van der Waals surface area contributed by atoms with Crippen molar-refractivity contribution in [2.75, 3.05) is 0 Å². The molecule has 2 rings (SSSR count). The van der Waals surface area contributed by atoms with Crippen molar-refractivity contribution in [1.29, 1.82) is 0 Å². The lowest BCUT2D eigenvalue weighted by molar-refractivity contribution is 0.896. The van der Waals surface area contributed by atoms with Gasteiger partial charge in [-0.25, -0.2) is 0 Å². The zero-order valence-corrected chi connectivity index (χ0v) is 6.28. The number of hydrogen-bond donors (Lipinski definition) is 0. The van der Waals surface area contributed by atoms with E-state index in [1.807, 2.05) is 24.3 Å². The lowest BCUT2D eigenvalue weighted by Crippen LogP contribution is -1.88. The highest BCUT2D eigenvalue weighted by molar-refractivity contribution is 6.33. The van der Waals surface area contributed by atoms with E-state index in [4.69, 9.17) is 11.6 Å². The molecule has 1 heterocycles. The number of hydrogen-bond acceptors (Lipinski definition) is 3. The fourth-order valence-corrected chi connectivity index (χ4v) is 1.09. The quantitative estimate of drug-likeness (QED) is 0.596. The summed E-state index contributed by atoms with van der Waals surface area (Å²) in [5.74, 6) is 0. The van der Waals surface area contributed by atoms with Gasteiger partial charge in [-0.05, 0) is 17.3 Å². The van der Waals surface area contributed by atoms with Crippen LogP contribution in [0.15, 0.2) is 24.3 Å². The van der Waals surface area contributed by atoms with Crippen LogP contribution in [0.3, 0.4) is 0 Å². The van der Waals surface area contributed by atoms with Gasteiger partial charge in [0.25, 0.3) is 0 Å². The summed E-state index contributed by atoms with van der Waals surface area (Å²) in [4.78, 5) is 0. The van der Waals surface area contributed by atoms with E-state index < -0.39 is 0 Å². The molecular weight excluding hydrogens is 162 g/mol. The zero-order valence-electron chi connectivity index (χ0n) is 5.53. The van der Waals surface area contributed by atoms with E-state index in [0.717, 1.165) is 10.9 Å². The molecule has 1 aromatic carbocycles. The number of benzene rings is 1. The van der Waals surface area contributed by atoms with Crippen molar-refractivity contribution >= 4 is 22.5 Å². The fraction of sp³-hybridized carbons (Fsp3) is 0. The molecule has 0 N–H and O–H groups in total. The number of fused-ring (bicyclic) bond motifs is 1. The Balaban J connectivity index is 2.91. The number of rotatable bonds is 0. The summed E-state index contributed by atoms with van der Waals surface area (Å²) in [6, 6.07) is 7.47. The van der Waals surface area contributed by atoms with Gasteiger partial charge in [0.2, 0.25) is 0 Å². The number of aromatic nitrogens is 3. The molecule has 0 radical (unpaired) electrons. The molecule has 0 aliphatic heterocycles. The van der Waals surface area contributed by atoms with E-state index in [9.17, 15) is 0 Å². The zero-order chi connectivity index (χ0) is 7.68. The van der Waals surface area contributed by atoms with Crippen molar-refractivity contribution in [2.45, 2.75) is 0 Å². The van der Waals surface area contributed by atoms with E-state index in [1.165, 1.54) is 0 Å². The molecule has 0 saturated carbocycles. The Morgan fingerprint density at radius 2 is 1.91 bits per heavy atom. The average Bonchev–Trinajstić information content (AvgIpc) is 2.06. The minimum absolute atomic E-state index is 0.399. The van der Waals surface area contributed by atoms with Crippen LogP contribution in [0, 0.1) is 0 Å². The highest BCUT2D eigenvalue weighted by Gasteiger charge is 1.98. The van der Waals surface area contributed by atoms with E-state index in [2.05, 4.69) is 15.4 Å². The largest absolute Gasteiger partial charge is 0.162 e. The Hall–Kier alpha value is -1.22. The lowest BCUT2D eigenvalue weighted by Gasteiger charge is -1.93. The number of nitrogens with zero attached hydrogens (tertiary/aromatic N) is 3. The highest BCUT2D eigenvalue weighted by atomic mass is 35.5. The lowest BCUT2D eigenvalue weighted by atomic mass is 10.2. The summed E-state index contributed by atoms with van der Waals surface area (Å²) in [5.41, 5.74) is 0.771. The molecule has 11 heavy (non-hydrogen) atoms. The van der Waals surface area contributed by atoms with Gasteiger partial charge in [0, 0.05) is 5.39 Å². The monoisotopic (exact) mass is 165 g/mol. The van der Waals surface area contributed by atoms with Crippen molar-refractivity contribution in [3.63, 3.8) is 0 Å². The standard InChI is InChI=1S/C7H4ClN3/c8-7-5-3-1-2-4-6(5)9-11-10-7/h1-4H. The van der Waals surface area contributed by atoms with Gasteiger partial charge < -0.3 is 0 Å². The van der Waals surface area contributed by atoms with Gasteiger partial charge >= 0.3 is 0 Å². The Morgan fingerprint density at radius 1 is 1.09 bits per heavy atom. The molecule has 0 aliphatic rings. The van der Waals surface area contributed by atoms with Gasteiger partial charge in [-0.2, -0.15) is 0 Å². The summed E-state index contributed by atoms with van der Waals surface area (Å²) >= 11 is 5.74. The second-order valence-electron chi connectivity index (χ2n) is 2.10. The molecule has 0 bridgehead atoms. The van der Waals surface area contributed by atoms with Crippen LogP contribution in [0.2, 0.25) is 5.15 Å². The Labute approximate surface area is 68.0 Å². The third kappa shape index (κ3) is 1.03. The molecule has 4 heteroatoms. The molecule has 54 valence electrons. The third-order valence-corrected chi connectivity index (χ3v) is 1.69. The summed E-state index contributed by atoms with van der Waals surface area (Å²) in [5, 5.41) is 12.1. The topological polar surface area (TPSA) is 38.7 Å². The van der Waals surface area contributed by atoms with Crippen molar-refractivity contribution in [1.82, 2.24) is 15.4 Å². The molecule has 0 atom stereocenters. The van der Waals surface area contributed by atoms with Gasteiger partial charge in [0.05, 0.1) is 5.52 Å². The van der Waals surface area contributed by atoms with Crippen molar-refractivity contribution in [3.05, 3.63) is 29.4 Å². The summed E-state index contributed by atoms with van der Waals surface area (Å²) in [7, 11) is 0. The van der Waals surface area contributed by atoms with Crippen LogP contribution in [-0.4, -0.2) is 15.4 Å². The first-order valence-electron chi connectivity index (χ1n) is 3.11. The fourth-order valence-electron chi connectivity index (χ4n) is 0.899. The van der Waals surface area contributed by atoms with Gasteiger partial charge in [0.1, 0.15) is 0 Å². The van der Waals surface area contributed by atoms with Crippen LogP contribution < -0.4 is 0 Å².